The van der Waals surface area contributed by atoms with Crippen molar-refractivity contribution >= 4 is 31.5 Å². The molecule has 0 bridgehead atoms. The lowest BCUT2D eigenvalue weighted by Crippen LogP contribution is -2.13. The molecule has 0 amide bonds. The van der Waals surface area contributed by atoms with Crippen molar-refractivity contribution in [2.75, 3.05) is 0 Å². The van der Waals surface area contributed by atoms with Gasteiger partial charge in [0.25, 0.3) is 0 Å². The van der Waals surface area contributed by atoms with Gasteiger partial charge in [-0.25, -0.2) is 0 Å². The molecule has 0 saturated heterocycles. The van der Waals surface area contributed by atoms with Gasteiger partial charge in [-0.15, -0.1) is 22.7 Å². The van der Waals surface area contributed by atoms with Crippen LogP contribution >= 0.6 is 22.7 Å². The van der Waals surface area contributed by atoms with E-state index in [2.05, 4.69) is 61.7 Å². The van der Waals surface area contributed by atoms with Crippen LogP contribution in [0.5, 0.6) is 0 Å². The smallest absolute Gasteiger partial charge is 0.0465 e. The minimum Gasteiger partial charge on any atom is -0.144 e. The van der Waals surface area contributed by atoms with Gasteiger partial charge in [0.1, 0.15) is 0 Å². The van der Waals surface area contributed by atoms with Crippen molar-refractivity contribution in [2.45, 2.75) is 45.3 Å². The zero-order chi connectivity index (χ0) is 12.9. The SMILES string of the molecule is CCc1cc2c(s1)C([SiH](C)C)c1sc(CC)cc1-2. The summed E-state index contributed by atoms with van der Waals surface area (Å²) in [7, 11) is -0.672. The third kappa shape index (κ3) is 1.75. The van der Waals surface area contributed by atoms with Gasteiger partial charge in [-0.3, -0.25) is 0 Å². The van der Waals surface area contributed by atoms with Crippen molar-refractivity contribution < 1.29 is 0 Å². The highest BCUT2D eigenvalue weighted by molar-refractivity contribution is 7.16. The molecule has 0 N–H and O–H groups in total. The molecule has 96 valence electrons. The first-order valence-electron chi connectivity index (χ1n) is 6.91. The third-order valence-electron chi connectivity index (χ3n) is 3.84. The van der Waals surface area contributed by atoms with E-state index in [9.17, 15) is 0 Å². The summed E-state index contributed by atoms with van der Waals surface area (Å²) in [6.45, 7) is 9.55. The summed E-state index contributed by atoms with van der Waals surface area (Å²) in [4.78, 5) is 6.51. The Hall–Kier alpha value is -0.383. The molecule has 0 unspecified atom stereocenters. The van der Waals surface area contributed by atoms with Gasteiger partial charge in [0.15, 0.2) is 0 Å². The Balaban J connectivity index is 2.18. The lowest BCUT2D eigenvalue weighted by atomic mass is 10.1. The quantitative estimate of drug-likeness (QED) is 0.693. The van der Waals surface area contributed by atoms with E-state index in [0.717, 1.165) is 5.54 Å². The fraction of sp³-hybridized carbons (Fsp3) is 0.467. The lowest BCUT2D eigenvalue weighted by Gasteiger charge is -2.13. The maximum atomic E-state index is 2.50. The molecular weight excluding hydrogens is 272 g/mol. The average molecular weight is 293 g/mol. The number of thiophene rings is 2. The van der Waals surface area contributed by atoms with Crippen LogP contribution in [0.1, 0.15) is 38.9 Å². The Bertz CT molecular complexity index is 529. The van der Waals surface area contributed by atoms with Crippen LogP contribution in [-0.2, 0) is 12.8 Å². The summed E-state index contributed by atoms with van der Waals surface area (Å²) >= 11 is 4.15. The average Bonchev–Trinajstić information content (AvgIpc) is 2.96. The molecule has 0 aliphatic heterocycles. The van der Waals surface area contributed by atoms with E-state index in [0.29, 0.717) is 0 Å². The summed E-state index contributed by atoms with van der Waals surface area (Å²) in [6, 6.07) is 4.92. The highest BCUT2D eigenvalue weighted by atomic mass is 32.1. The molecule has 0 radical (unpaired) electrons. The van der Waals surface area contributed by atoms with E-state index in [4.69, 9.17) is 0 Å². The van der Waals surface area contributed by atoms with Crippen molar-refractivity contribution in [2.24, 2.45) is 0 Å². The fourth-order valence-electron chi connectivity index (χ4n) is 2.87. The molecular formula is C15H20S2Si. The molecule has 3 heteroatoms. The second-order valence-electron chi connectivity index (χ2n) is 5.41. The predicted octanol–water partition coefficient (Wildman–Crippen LogP) is 5.07. The van der Waals surface area contributed by atoms with Crippen molar-refractivity contribution in [1.82, 2.24) is 0 Å². The van der Waals surface area contributed by atoms with Crippen LogP contribution in [0.4, 0.5) is 0 Å². The van der Waals surface area contributed by atoms with E-state index >= 15 is 0 Å². The standard InChI is InChI=1S/C15H20S2Si/c1-5-9-7-11-12-8-10(6-2)17-14(12)15(18(3)4)13(11)16-9/h7-8,15,18H,5-6H2,1-4H3. The van der Waals surface area contributed by atoms with Crippen LogP contribution in [-0.4, -0.2) is 8.80 Å². The molecule has 2 aromatic rings. The summed E-state index contributed by atoms with van der Waals surface area (Å²) < 4.78 is 0. The predicted molar refractivity (Wildman–Crippen MR) is 87.1 cm³/mol. The molecule has 0 saturated carbocycles. The van der Waals surface area contributed by atoms with Gasteiger partial charge in [-0.05, 0) is 36.1 Å². The maximum absolute atomic E-state index is 2.50. The lowest BCUT2D eigenvalue weighted by molar-refractivity contribution is 1.18. The molecule has 2 aromatic heterocycles. The van der Waals surface area contributed by atoms with E-state index < -0.39 is 8.80 Å². The summed E-state index contributed by atoms with van der Waals surface area (Å²) in [6.07, 6.45) is 2.37. The van der Waals surface area contributed by atoms with Crippen molar-refractivity contribution in [3.63, 3.8) is 0 Å². The number of hydrogen-bond acceptors (Lipinski definition) is 2. The van der Waals surface area contributed by atoms with Crippen LogP contribution in [0.2, 0.25) is 13.1 Å². The Labute approximate surface area is 119 Å². The van der Waals surface area contributed by atoms with Gasteiger partial charge in [0, 0.05) is 33.8 Å². The molecule has 18 heavy (non-hydrogen) atoms. The summed E-state index contributed by atoms with van der Waals surface area (Å²) in [5, 5.41) is 0. The highest BCUT2D eigenvalue weighted by Crippen LogP contribution is 2.53. The molecule has 1 aliphatic carbocycles. The van der Waals surface area contributed by atoms with Gasteiger partial charge in [-0.2, -0.15) is 0 Å². The number of aryl methyl sites for hydroxylation is 2. The Morgan fingerprint density at radius 1 is 0.944 bits per heavy atom. The fourth-order valence-corrected chi connectivity index (χ4v) is 8.81. The normalized spacial score (nSPS) is 14.3. The Kier molecular flexibility index (Phi) is 3.24. The Morgan fingerprint density at radius 3 is 1.72 bits per heavy atom. The second kappa shape index (κ2) is 4.62. The molecule has 0 spiro atoms. The van der Waals surface area contributed by atoms with Crippen molar-refractivity contribution in [3.05, 3.63) is 31.6 Å². The minimum absolute atomic E-state index is 0.672. The molecule has 0 atom stereocenters. The minimum atomic E-state index is -0.672. The second-order valence-corrected chi connectivity index (χ2v) is 10.9. The molecule has 3 rings (SSSR count). The maximum Gasteiger partial charge on any atom is 0.0465 e. The Morgan fingerprint density at radius 2 is 1.39 bits per heavy atom. The van der Waals surface area contributed by atoms with Crippen molar-refractivity contribution in [1.29, 1.82) is 0 Å². The first kappa shape index (κ1) is 12.6. The molecule has 0 nitrogen and oxygen atoms in total. The largest absolute Gasteiger partial charge is 0.144 e. The first-order chi connectivity index (χ1) is 8.65. The van der Waals surface area contributed by atoms with Crippen LogP contribution in [0.25, 0.3) is 11.1 Å². The van der Waals surface area contributed by atoms with Gasteiger partial charge < -0.3 is 0 Å². The number of hydrogen-bond donors (Lipinski definition) is 0. The number of fused-ring (bicyclic) bond motifs is 3. The van der Waals surface area contributed by atoms with Crippen LogP contribution in [0, 0.1) is 0 Å². The molecule has 0 aromatic carbocycles. The van der Waals surface area contributed by atoms with Gasteiger partial charge in [0.05, 0.1) is 0 Å². The van der Waals surface area contributed by atoms with E-state index in [1.165, 1.54) is 12.8 Å². The topological polar surface area (TPSA) is 0 Å². The molecule has 0 fully saturated rings. The highest BCUT2D eigenvalue weighted by Gasteiger charge is 2.35. The zero-order valence-corrected chi connectivity index (χ0v) is 14.3. The third-order valence-corrected chi connectivity index (χ3v) is 9.05. The first-order valence-corrected chi connectivity index (χ1v) is 11.5. The van der Waals surface area contributed by atoms with E-state index in [1.807, 2.05) is 0 Å². The monoisotopic (exact) mass is 292 g/mol. The van der Waals surface area contributed by atoms with E-state index in [-0.39, 0.29) is 0 Å². The summed E-state index contributed by atoms with van der Waals surface area (Å²) in [5.41, 5.74) is 3.95. The molecule has 2 heterocycles. The van der Waals surface area contributed by atoms with Crippen LogP contribution < -0.4 is 0 Å². The van der Waals surface area contributed by atoms with E-state index in [1.54, 1.807) is 30.6 Å². The molecule has 1 aliphatic rings. The van der Waals surface area contributed by atoms with Gasteiger partial charge in [-0.1, -0.05) is 26.9 Å². The summed E-state index contributed by atoms with van der Waals surface area (Å²) in [5.74, 6) is 0. The van der Waals surface area contributed by atoms with Gasteiger partial charge in [0.2, 0.25) is 0 Å². The number of rotatable bonds is 3. The van der Waals surface area contributed by atoms with Crippen LogP contribution in [0.3, 0.4) is 0 Å². The zero-order valence-electron chi connectivity index (χ0n) is 11.5. The van der Waals surface area contributed by atoms with Crippen LogP contribution in [0.15, 0.2) is 12.1 Å². The van der Waals surface area contributed by atoms with Crippen molar-refractivity contribution in [3.8, 4) is 11.1 Å². The van der Waals surface area contributed by atoms with Gasteiger partial charge >= 0.3 is 0 Å².